The molecule has 1 aromatic heterocycles. The van der Waals surface area contributed by atoms with Gasteiger partial charge in [-0.25, -0.2) is 4.39 Å². The summed E-state index contributed by atoms with van der Waals surface area (Å²) in [6.07, 6.45) is 4.32. The van der Waals surface area contributed by atoms with E-state index >= 15 is 0 Å². The molecule has 2 atom stereocenters. The normalized spacial score (nSPS) is 15.7. The topological polar surface area (TPSA) is 71.5 Å². The molecule has 1 N–H and O–H groups in total. The van der Waals surface area contributed by atoms with E-state index in [0.717, 1.165) is 22.3 Å². The zero-order valence-electron chi connectivity index (χ0n) is 21.6. The number of ether oxygens (including phenoxy) is 1. The maximum Gasteiger partial charge on any atom is 0.261 e. The summed E-state index contributed by atoms with van der Waals surface area (Å²) >= 11 is 0. The number of amides is 2. The summed E-state index contributed by atoms with van der Waals surface area (Å²) in [5, 5.41) is 2.93. The van der Waals surface area contributed by atoms with Gasteiger partial charge >= 0.3 is 0 Å². The van der Waals surface area contributed by atoms with Gasteiger partial charge in [-0.2, -0.15) is 0 Å². The fourth-order valence-electron chi connectivity index (χ4n) is 4.73. The van der Waals surface area contributed by atoms with E-state index in [1.54, 1.807) is 18.5 Å². The Morgan fingerprint density at radius 1 is 1.14 bits per heavy atom. The van der Waals surface area contributed by atoms with Crippen LogP contribution < -0.4 is 10.1 Å². The van der Waals surface area contributed by atoms with Gasteiger partial charge in [0.05, 0.1) is 6.04 Å². The minimum Gasteiger partial charge on any atom is -0.481 e. The third-order valence-electron chi connectivity index (χ3n) is 6.57. The van der Waals surface area contributed by atoms with Crippen LogP contribution in [-0.4, -0.2) is 34.3 Å². The number of benzene rings is 2. The smallest absolute Gasteiger partial charge is 0.261 e. The molecular weight excluding hydrogens is 469 g/mol. The van der Waals surface area contributed by atoms with Crippen LogP contribution in [0.1, 0.15) is 61.9 Å². The van der Waals surface area contributed by atoms with Crippen LogP contribution >= 0.6 is 0 Å². The van der Waals surface area contributed by atoms with Crippen LogP contribution in [0.5, 0.6) is 5.75 Å². The number of rotatable bonds is 9. The Morgan fingerprint density at radius 2 is 1.92 bits per heavy atom. The van der Waals surface area contributed by atoms with E-state index in [0.29, 0.717) is 38.1 Å². The van der Waals surface area contributed by atoms with Crippen LogP contribution in [0, 0.1) is 11.7 Å². The zero-order valence-corrected chi connectivity index (χ0v) is 21.6. The molecule has 1 aliphatic rings. The van der Waals surface area contributed by atoms with Gasteiger partial charge < -0.3 is 15.0 Å². The second kappa shape index (κ2) is 12.0. The summed E-state index contributed by atoms with van der Waals surface area (Å²) in [5.41, 5.74) is 3.66. The minimum absolute atomic E-state index is 0.0446. The number of carbonyl (C=O) groups is 2. The molecule has 3 aromatic rings. The summed E-state index contributed by atoms with van der Waals surface area (Å²) in [5.74, 6) is 0.262. The minimum atomic E-state index is -0.672. The molecule has 4 rings (SSSR count). The van der Waals surface area contributed by atoms with Crippen LogP contribution in [0.3, 0.4) is 0 Å². The van der Waals surface area contributed by atoms with E-state index in [1.165, 1.54) is 12.1 Å². The Labute approximate surface area is 217 Å². The molecule has 2 amide bonds. The van der Waals surface area contributed by atoms with Crippen LogP contribution in [0.15, 0.2) is 67.0 Å². The lowest BCUT2D eigenvalue weighted by atomic mass is 9.87. The third kappa shape index (κ3) is 6.53. The molecule has 37 heavy (non-hydrogen) atoms. The number of aromatic nitrogens is 1. The molecule has 0 fully saturated rings. The highest BCUT2D eigenvalue weighted by molar-refractivity contribution is 5.81. The van der Waals surface area contributed by atoms with Crippen LogP contribution in [0.2, 0.25) is 0 Å². The summed E-state index contributed by atoms with van der Waals surface area (Å²) in [4.78, 5) is 31.9. The first-order valence-corrected chi connectivity index (χ1v) is 12.9. The second-order valence-corrected chi connectivity index (χ2v) is 9.84. The number of nitrogens with zero attached hydrogens (tertiary/aromatic N) is 2. The van der Waals surface area contributed by atoms with E-state index in [2.05, 4.69) is 10.3 Å². The molecule has 1 aliphatic heterocycles. The van der Waals surface area contributed by atoms with Crippen LogP contribution in [0.4, 0.5) is 4.39 Å². The van der Waals surface area contributed by atoms with Gasteiger partial charge in [0.25, 0.3) is 5.91 Å². The van der Waals surface area contributed by atoms with E-state index in [4.69, 9.17) is 4.74 Å². The molecule has 0 aliphatic carbocycles. The number of fused-ring (bicyclic) bond motifs is 1. The Kier molecular flexibility index (Phi) is 8.54. The van der Waals surface area contributed by atoms with Crippen molar-refractivity contribution in [3.05, 3.63) is 95.1 Å². The summed E-state index contributed by atoms with van der Waals surface area (Å²) in [6, 6.07) is 15.5. The Bertz CT molecular complexity index is 1230. The largest absolute Gasteiger partial charge is 0.481 e. The molecule has 0 radical (unpaired) electrons. The summed E-state index contributed by atoms with van der Waals surface area (Å²) < 4.78 is 20.4. The standard InChI is InChI=1S/C30H34FN3O3/c1-4-27(30(36)33-19-21-10-13-32-14-11-21)37-25-9-8-22-12-15-34(28(35)16-20(2)3)29(26(22)18-25)23-6-5-7-24(31)17-23/h5-11,13-14,17-18,20,27,29H,4,12,15-16,19H2,1-3H3,(H,33,36)/t27-,29-/m0/s1. The predicted octanol–water partition coefficient (Wildman–Crippen LogP) is 5.21. The van der Waals surface area contributed by atoms with Gasteiger partial charge in [0, 0.05) is 31.9 Å². The predicted molar refractivity (Wildman–Crippen MR) is 140 cm³/mol. The van der Waals surface area contributed by atoms with Crippen molar-refractivity contribution in [2.75, 3.05) is 6.54 Å². The van der Waals surface area contributed by atoms with Crippen molar-refractivity contribution in [3.63, 3.8) is 0 Å². The molecule has 2 heterocycles. The fraction of sp³-hybridized carbons (Fsp3) is 0.367. The molecule has 0 unspecified atom stereocenters. The molecule has 2 aromatic carbocycles. The Morgan fingerprint density at radius 3 is 2.62 bits per heavy atom. The monoisotopic (exact) mass is 503 g/mol. The van der Waals surface area contributed by atoms with Gasteiger partial charge in [-0.15, -0.1) is 0 Å². The van der Waals surface area contributed by atoms with Crippen LogP contribution in [-0.2, 0) is 22.6 Å². The van der Waals surface area contributed by atoms with E-state index in [-0.39, 0.29) is 23.5 Å². The lowest BCUT2D eigenvalue weighted by Gasteiger charge is -2.38. The highest BCUT2D eigenvalue weighted by Crippen LogP contribution is 2.38. The SMILES string of the molecule is CC[C@H](Oc1ccc2c(c1)[C@H](c1cccc(F)c1)N(C(=O)CC(C)C)CC2)C(=O)NCc1ccncc1. The maximum absolute atomic E-state index is 14.2. The molecule has 6 nitrogen and oxygen atoms in total. The highest BCUT2D eigenvalue weighted by Gasteiger charge is 2.33. The molecule has 0 spiro atoms. The fourth-order valence-corrected chi connectivity index (χ4v) is 4.73. The average molecular weight is 504 g/mol. The van der Waals surface area contributed by atoms with Crippen molar-refractivity contribution in [1.29, 1.82) is 0 Å². The first-order chi connectivity index (χ1) is 17.9. The van der Waals surface area contributed by atoms with Gasteiger partial charge in [-0.3, -0.25) is 14.6 Å². The van der Waals surface area contributed by atoms with Gasteiger partial charge in [0.15, 0.2) is 6.10 Å². The van der Waals surface area contributed by atoms with E-state index < -0.39 is 12.1 Å². The zero-order chi connectivity index (χ0) is 26.4. The van der Waals surface area contributed by atoms with E-state index in [1.807, 2.05) is 62.1 Å². The number of carbonyl (C=O) groups excluding carboxylic acids is 2. The van der Waals surface area contributed by atoms with Gasteiger partial charge in [-0.1, -0.05) is 39.0 Å². The van der Waals surface area contributed by atoms with Crippen molar-refractivity contribution < 1.29 is 18.7 Å². The van der Waals surface area contributed by atoms with Gasteiger partial charge in [0.1, 0.15) is 11.6 Å². The van der Waals surface area contributed by atoms with Gasteiger partial charge in [-0.05, 0) is 77.4 Å². The Balaban J connectivity index is 1.59. The number of hydrogen-bond donors (Lipinski definition) is 1. The highest BCUT2D eigenvalue weighted by atomic mass is 19.1. The molecule has 194 valence electrons. The lowest BCUT2D eigenvalue weighted by molar-refractivity contribution is -0.134. The van der Waals surface area contributed by atoms with Gasteiger partial charge in [0.2, 0.25) is 5.91 Å². The molecule has 0 saturated carbocycles. The summed E-state index contributed by atoms with van der Waals surface area (Å²) in [7, 11) is 0. The molecule has 0 saturated heterocycles. The van der Waals surface area contributed by atoms with Crippen molar-refractivity contribution >= 4 is 11.8 Å². The Hall–Kier alpha value is -3.74. The molecule has 0 bridgehead atoms. The van der Waals surface area contributed by atoms with Crippen molar-refractivity contribution in [2.45, 2.75) is 58.7 Å². The first-order valence-electron chi connectivity index (χ1n) is 12.9. The number of halogens is 1. The third-order valence-corrected chi connectivity index (χ3v) is 6.57. The van der Waals surface area contributed by atoms with Crippen molar-refractivity contribution in [1.82, 2.24) is 15.2 Å². The second-order valence-electron chi connectivity index (χ2n) is 9.84. The quantitative estimate of drug-likeness (QED) is 0.435. The molecule has 7 heteroatoms. The number of hydrogen-bond acceptors (Lipinski definition) is 4. The number of nitrogens with one attached hydrogen (secondary N) is 1. The average Bonchev–Trinajstić information content (AvgIpc) is 2.89. The summed E-state index contributed by atoms with van der Waals surface area (Å²) in [6.45, 7) is 6.89. The van der Waals surface area contributed by atoms with E-state index in [9.17, 15) is 14.0 Å². The van der Waals surface area contributed by atoms with Crippen molar-refractivity contribution in [2.24, 2.45) is 5.92 Å². The molecular formula is C30H34FN3O3. The maximum atomic E-state index is 14.2. The first kappa shape index (κ1) is 26.3. The van der Waals surface area contributed by atoms with Crippen LogP contribution in [0.25, 0.3) is 0 Å². The lowest BCUT2D eigenvalue weighted by Crippen LogP contribution is -2.41. The number of pyridine rings is 1. The van der Waals surface area contributed by atoms with Crippen molar-refractivity contribution in [3.8, 4) is 5.75 Å².